The third-order valence-electron chi connectivity index (χ3n) is 2.62. The lowest BCUT2D eigenvalue weighted by atomic mass is 9.93. The summed E-state index contributed by atoms with van der Waals surface area (Å²) in [4.78, 5) is 0. The highest BCUT2D eigenvalue weighted by Crippen LogP contribution is 2.27. The minimum Gasteiger partial charge on any atom is -0.491 e. The van der Waals surface area contributed by atoms with Crippen LogP contribution in [0.4, 0.5) is 0 Å². The van der Waals surface area contributed by atoms with Gasteiger partial charge in [0.15, 0.2) is 0 Å². The Morgan fingerprint density at radius 2 is 2.06 bits per heavy atom. The molecule has 1 unspecified atom stereocenters. The van der Waals surface area contributed by atoms with Gasteiger partial charge in [0.25, 0.3) is 0 Å². The van der Waals surface area contributed by atoms with Gasteiger partial charge in [-0.1, -0.05) is 12.1 Å². The molecule has 0 aliphatic carbocycles. The molecule has 1 N–H and O–H groups in total. The van der Waals surface area contributed by atoms with Crippen LogP contribution in [0.25, 0.3) is 0 Å². The summed E-state index contributed by atoms with van der Waals surface area (Å²) in [6, 6.07) is 7.59. The molecule has 0 radical (unpaired) electrons. The summed E-state index contributed by atoms with van der Waals surface area (Å²) in [5.74, 6) is 0.787. The van der Waals surface area contributed by atoms with Crippen LogP contribution in [0.5, 0.6) is 5.75 Å². The van der Waals surface area contributed by atoms with Crippen LogP contribution >= 0.6 is 0 Å². The van der Waals surface area contributed by atoms with Crippen molar-refractivity contribution in [2.45, 2.75) is 38.9 Å². The molecule has 1 aromatic rings. The van der Waals surface area contributed by atoms with Crippen LogP contribution in [-0.4, -0.2) is 24.9 Å². The van der Waals surface area contributed by atoms with Gasteiger partial charge in [-0.15, -0.1) is 0 Å². The molecular weight excluding hydrogens is 216 g/mol. The normalized spacial score (nSPS) is 14.7. The first-order valence-electron chi connectivity index (χ1n) is 5.94. The highest BCUT2D eigenvalue weighted by atomic mass is 16.5. The zero-order valence-corrected chi connectivity index (χ0v) is 11.1. The molecule has 0 aliphatic heterocycles. The van der Waals surface area contributed by atoms with Crippen molar-refractivity contribution in [2.75, 3.05) is 13.7 Å². The smallest absolute Gasteiger partial charge is 0.120 e. The summed E-state index contributed by atoms with van der Waals surface area (Å²) < 4.78 is 10.6. The van der Waals surface area contributed by atoms with Crippen molar-refractivity contribution in [2.24, 2.45) is 0 Å². The number of hydrogen-bond donors (Lipinski definition) is 1. The number of rotatable bonds is 6. The summed E-state index contributed by atoms with van der Waals surface area (Å²) in [5, 5.41) is 10.3. The van der Waals surface area contributed by atoms with Gasteiger partial charge >= 0.3 is 0 Å². The van der Waals surface area contributed by atoms with Crippen molar-refractivity contribution in [1.82, 2.24) is 0 Å². The summed E-state index contributed by atoms with van der Waals surface area (Å²) in [6.07, 6.45) is 0.698. The maximum absolute atomic E-state index is 10.3. The van der Waals surface area contributed by atoms with Crippen LogP contribution in [0, 0.1) is 0 Å². The number of hydrogen-bond acceptors (Lipinski definition) is 3. The SMILES string of the molecule is COCCC(C)(O)c1cccc(OC(C)C)c1. The fourth-order valence-corrected chi connectivity index (χ4v) is 1.62. The van der Waals surface area contributed by atoms with Crippen molar-refractivity contribution in [3.63, 3.8) is 0 Å². The quantitative estimate of drug-likeness (QED) is 0.828. The summed E-state index contributed by atoms with van der Waals surface area (Å²) in [7, 11) is 1.63. The molecule has 0 bridgehead atoms. The van der Waals surface area contributed by atoms with Gasteiger partial charge in [-0.05, 0) is 38.5 Å². The van der Waals surface area contributed by atoms with E-state index in [2.05, 4.69) is 0 Å². The molecule has 1 atom stereocenters. The fourth-order valence-electron chi connectivity index (χ4n) is 1.62. The fraction of sp³-hybridized carbons (Fsp3) is 0.571. The van der Waals surface area contributed by atoms with E-state index in [-0.39, 0.29) is 6.10 Å². The van der Waals surface area contributed by atoms with E-state index in [1.807, 2.05) is 38.1 Å². The third kappa shape index (κ3) is 4.36. The molecule has 3 heteroatoms. The van der Waals surface area contributed by atoms with Crippen LogP contribution in [0.2, 0.25) is 0 Å². The maximum Gasteiger partial charge on any atom is 0.120 e. The Balaban J connectivity index is 2.82. The van der Waals surface area contributed by atoms with Crippen LogP contribution in [0.3, 0.4) is 0 Å². The Bertz CT molecular complexity index is 345. The molecule has 96 valence electrons. The Hall–Kier alpha value is -1.06. The summed E-state index contributed by atoms with van der Waals surface area (Å²) in [5.41, 5.74) is -0.0282. The largest absolute Gasteiger partial charge is 0.491 e. The number of ether oxygens (including phenoxy) is 2. The van der Waals surface area contributed by atoms with Crippen molar-refractivity contribution < 1.29 is 14.6 Å². The second-order valence-electron chi connectivity index (χ2n) is 4.71. The van der Waals surface area contributed by atoms with E-state index in [4.69, 9.17) is 9.47 Å². The molecule has 0 spiro atoms. The van der Waals surface area contributed by atoms with E-state index in [0.29, 0.717) is 13.0 Å². The summed E-state index contributed by atoms with van der Waals surface area (Å²) >= 11 is 0. The molecule has 0 saturated carbocycles. The minimum atomic E-state index is -0.883. The zero-order chi connectivity index (χ0) is 12.9. The Morgan fingerprint density at radius 1 is 1.35 bits per heavy atom. The highest BCUT2D eigenvalue weighted by Gasteiger charge is 2.23. The van der Waals surface area contributed by atoms with E-state index in [0.717, 1.165) is 11.3 Å². The van der Waals surface area contributed by atoms with Gasteiger partial charge in [-0.2, -0.15) is 0 Å². The van der Waals surface area contributed by atoms with Crippen molar-refractivity contribution in [3.8, 4) is 5.75 Å². The first-order chi connectivity index (χ1) is 7.95. The first kappa shape index (κ1) is 14.0. The number of benzene rings is 1. The molecule has 17 heavy (non-hydrogen) atoms. The van der Waals surface area contributed by atoms with Crippen LogP contribution in [0.1, 0.15) is 32.8 Å². The first-order valence-corrected chi connectivity index (χ1v) is 5.94. The van der Waals surface area contributed by atoms with Gasteiger partial charge in [0.1, 0.15) is 5.75 Å². The lowest BCUT2D eigenvalue weighted by Gasteiger charge is -2.24. The molecule has 0 saturated heterocycles. The van der Waals surface area contributed by atoms with E-state index >= 15 is 0 Å². The maximum atomic E-state index is 10.3. The van der Waals surface area contributed by atoms with Crippen LogP contribution in [-0.2, 0) is 10.3 Å². The second-order valence-corrected chi connectivity index (χ2v) is 4.71. The number of aliphatic hydroxyl groups is 1. The lowest BCUT2D eigenvalue weighted by Crippen LogP contribution is -2.23. The molecule has 3 nitrogen and oxygen atoms in total. The van der Waals surface area contributed by atoms with Gasteiger partial charge < -0.3 is 14.6 Å². The zero-order valence-electron chi connectivity index (χ0n) is 11.1. The molecular formula is C14H22O3. The molecule has 1 rings (SSSR count). The molecule has 0 amide bonds. The standard InChI is InChI=1S/C14H22O3/c1-11(2)17-13-7-5-6-12(10-13)14(3,15)8-9-16-4/h5-7,10-11,15H,8-9H2,1-4H3. The predicted molar refractivity (Wildman–Crippen MR) is 68.3 cm³/mol. The van der Waals surface area contributed by atoms with Gasteiger partial charge in [0, 0.05) is 20.1 Å². The van der Waals surface area contributed by atoms with Crippen molar-refractivity contribution in [3.05, 3.63) is 29.8 Å². The van der Waals surface area contributed by atoms with E-state index in [1.165, 1.54) is 0 Å². The molecule has 0 aromatic heterocycles. The minimum absolute atomic E-state index is 0.133. The Labute approximate surface area is 103 Å². The predicted octanol–water partition coefficient (Wildman–Crippen LogP) is 2.72. The Kier molecular flexibility index (Phi) is 4.97. The third-order valence-corrected chi connectivity index (χ3v) is 2.62. The average molecular weight is 238 g/mol. The lowest BCUT2D eigenvalue weighted by molar-refractivity contribution is 0.0208. The van der Waals surface area contributed by atoms with E-state index < -0.39 is 5.60 Å². The van der Waals surface area contributed by atoms with Gasteiger partial charge in [0.2, 0.25) is 0 Å². The molecule has 0 aliphatic rings. The van der Waals surface area contributed by atoms with E-state index in [9.17, 15) is 5.11 Å². The van der Waals surface area contributed by atoms with Crippen LogP contribution < -0.4 is 4.74 Å². The van der Waals surface area contributed by atoms with Gasteiger partial charge in [0.05, 0.1) is 11.7 Å². The highest BCUT2D eigenvalue weighted by molar-refractivity contribution is 5.32. The summed E-state index contributed by atoms with van der Waals surface area (Å²) in [6.45, 7) is 6.29. The Morgan fingerprint density at radius 3 is 2.65 bits per heavy atom. The topological polar surface area (TPSA) is 38.7 Å². The van der Waals surface area contributed by atoms with Gasteiger partial charge in [-0.3, -0.25) is 0 Å². The average Bonchev–Trinajstić information content (AvgIpc) is 2.26. The second kappa shape index (κ2) is 6.03. The van der Waals surface area contributed by atoms with Gasteiger partial charge in [-0.25, -0.2) is 0 Å². The van der Waals surface area contributed by atoms with E-state index in [1.54, 1.807) is 14.0 Å². The molecule has 0 fully saturated rings. The number of methoxy groups -OCH3 is 1. The van der Waals surface area contributed by atoms with Crippen molar-refractivity contribution >= 4 is 0 Å². The van der Waals surface area contributed by atoms with Crippen LogP contribution in [0.15, 0.2) is 24.3 Å². The molecule has 1 aromatic carbocycles. The molecule has 0 heterocycles. The monoisotopic (exact) mass is 238 g/mol. The van der Waals surface area contributed by atoms with Crippen molar-refractivity contribution in [1.29, 1.82) is 0 Å².